The molecular weight excluding hydrogens is 178 g/mol. The highest BCUT2D eigenvalue weighted by molar-refractivity contribution is 4.95. The Morgan fingerprint density at radius 2 is 1.86 bits per heavy atom. The molecule has 0 bridgehead atoms. The van der Waals surface area contributed by atoms with E-state index in [2.05, 4.69) is 17.2 Å². The molecule has 0 unspecified atom stereocenters. The fraction of sp³-hybridized carbons (Fsp3) is 0.818. The van der Waals surface area contributed by atoms with Crippen LogP contribution in [0.1, 0.15) is 27.2 Å². The van der Waals surface area contributed by atoms with Crippen molar-refractivity contribution in [3.8, 4) is 11.8 Å². The zero-order chi connectivity index (χ0) is 10.6. The van der Waals surface area contributed by atoms with Gasteiger partial charge in [-0.25, -0.2) is 0 Å². The summed E-state index contributed by atoms with van der Waals surface area (Å²) in [6.45, 7) is 8.76. The molecule has 0 fully saturated rings. The summed E-state index contributed by atoms with van der Waals surface area (Å²) < 4.78 is 10.7. The highest BCUT2D eigenvalue weighted by Gasteiger charge is 2.05. The van der Waals surface area contributed by atoms with Gasteiger partial charge in [0.05, 0.1) is 0 Å². The van der Waals surface area contributed by atoms with Crippen molar-refractivity contribution in [3.63, 3.8) is 0 Å². The van der Waals surface area contributed by atoms with E-state index in [9.17, 15) is 0 Å². The van der Waals surface area contributed by atoms with Crippen LogP contribution in [0.2, 0.25) is 0 Å². The Labute approximate surface area is 87.2 Å². The second kappa shape index (κ2) is 10.5. The van der Waals surface area contributed by atoms with Crippen LogP contribution in [-0.4, -0.2) is 32.6 Å². The number of hydrogen-bond donors (Lipinski definition) is 1. The molecule has 0 aromatic carbocycles. The Hall–Kier alpha value is -0.560. The number of nitrogens with one attached hydrogen (secondary N) is 1. The van der Waals surface area contributed by atoms with E-state index in [1.165, 1.54) is 0 Å². The maximum atomic E-state index is 5.37. The lowest BCUT2D eigenvalue weighted by atomic mass is 10.4. The van der Waals surface area contributed by atoms with Gasteiger partial charge < -0.3 is 14.8 Å². The van der Waals surface area contributed by atoms with Crippen LogP contribution in [0.15, 0.2) is 0 Å². The van der Waals surface area contributed by atoms with Gasteiger partial charge in [-0.05, 0) is 20.8 Å². The van der Waals surface area contributed by atoms with Crippen molar-refractivity contribution in [2.45, 2.75) is 33.5 Å². The molecule has 0 rings (SSSR count). The summed E-state index contributed by atoms with van der Waals surface area (Å²) in [5.74, 6) is 5.85. The van der Waals surface area contributed by atoms with E-state index < -0.39 is 0 Å². The van der Waals surface area contributed by atoms with Gasteiger partial charge in [0.2, 0.25) is 0 Å². The lowest BCUT2D eigenvalue weighted by Crippen LogP contribution is -2.32. The SMILES string of the molecule is CC#CCCNCC(OCC)OCC. The molecule has 0 amide bonds. The molecule has 0 saturated carbocycles. The quantitative estimate of drug-likeness (QED) is 0.364. The molecule has 0 spiro atoms. The molecular formula is C11H21NO2. The predicted molar refractivity (Wildman–Crippen MR) is 58.0 cm³/mol. The third-order valence-corrected chi connectivity index (χ3v) is 1.62. The molecule has 0 aromatic rings. The second-order valence-electron chi connectivity index (χ2n) is 2.72. The molecule has 0 atom stereocenters. The van der Waals surface area contributed by atoms with E-state index in [4.69, 9.17) is 9.47 Å². The van der Waals surface area contributed by atoms with E-state index in [0.717, 1.165) is 19.5 Å². The third-order valence-electron chi connectivity index (χ3n) is 1.62. The van der Waals surface area contributed by atoms with Crippen LogP contribution < -0.4 is 5.32 Å². The van der Waals surface area contributed by atoms with Crippen molar-refractivity contribution in [2.75, 3.05) is 26.3 Å². The molecule has 0 aromatic heterocycles. The lowest BCUT2D eigenvalue weighted by Gasteiger charge is -2.16. The van der Waals surface area contributed by atoms with Gasteiger partial charge in [-0.15, -0.1) is 11.8 Å². The van der Waals surface area contributed by atoms with E-state index in [0.29, 0.717) is 13.2 Å². The average Bonchev–Trinajstić information content (AvgIpc) is 2.18. The molecule has 3 nitrogen and oxygen atoms in total. The number of rotatable bonds is 8. The summed E-state index contributed by atoms with van der Waals surface area (Å²) in [6, 6.07) is 0. The fourth-order valence-corrected chi connectivity index (χ4v) is 1.03. The first-order chi connectivity index (χ1) is 6.85. The largest absolute Gasteiger partial charge is 0.352 e. The predicted octanol–water partition coefficient (Wildman–Crippen LogP) is 1.39. The van der Waals surface area contributed by atoms with Crippen LogP contribution in [0.5, 0.6) is 0 Å². The Morgan fingerprint density at radius 3 is 2.36 bits per heavy atom. The van der Waals surface area contributed by atoms with Crippen LogP contribution in [-0.2, 0) is 9.47 Å². The first-order valence-electron chi connectivity index (χ1n) is 5.18. The van der Waals surface area contributed by atoms with Gasteiger partial charge >= 0.3 is 0 Å². The Morgan fingerprint density at radius 1 is 1.21 bits per heavy atom. The first kappa shape index (κ1) is 13.4. The topological polar surface area (TPSA) is 30.5 Å². The first-order valence-corrected chi connectivity index (χ1v) is 5.18. The van der Waals surface area contributed by atoms with E-state index >= 15 is 0 Å². The standard InChI is InChI=1S/C11H21NO2/c1-4-7-8-9-12-10-11(13-5-2)14-6-3/h11-12H,5-6,8-10H2,1-3H3. The van der Waals surface area contributed by atoms with Crippen molar-refractivity contribution < 1.29 is 9.47 Å². The normalized spacial score (nSPS) is 10.0. The van der Waals surface area contributed by atoms with Crippen LogP contribution in [0.25, 0.3) is 0 Å². The van der Waals surface area contributed by atoms with Gasteiger partial charge in [0.15, 0.2) is 6.29 Å². The van der Waals surface area contributed by atoms with Crippen molar-refractivity contribution >= 4 is 0 Å². The van der Waals surface area contributed by atoms with Crippen LogP contribution >= 0.6 is 0 Å². The summed E-state index contributed by atoms with van der Waals surface area (Å²) in [6.07, 6.45) is 0.751. The zero-order valence-corrected chi connectivity index (χ0v) is 9.43. The molecule has 14 heavy (non-hydrogen) atoms. The Kier molecular flexibility index (Phi) is 10.1. The molecule has 0 aliphatic carbocycles. The van der Waals surface area contributed by atoms with Gasteiger partial charge in [0.25, 0.3) is 0 Å². The van der Waals surface area contributed by atoms with E-state index in [-0.39, 0.29) is 6.29 Å². The summed E-state index contributed by atoms with van der Waals surface area (Å²) in [7, 11) is 0. The fourth-order valence-electron chi connectivity index (χ4n) is 1.03. The van der Waals surface area contributed by atoms with Crippen molar-refractivity contribution in [1.82, 2.24) is 5.32 Å². The highest BCUT2D eigenvalue weighted by Crippen LogP contribution is 1.92. The summed E-state index contributed by atoms with van der Waals surface area (Å²) in [5.41, 5.74) is 0. The minimum Gasteiger partial charge on any atom is -0.352 e. The molecule has 1 N–H and O–H groups in total. The Bertz CT molecular complexity index is 166. The molecule has 3 heteroatoms. The maximum absolute atomic E-state index is 5.37. The molecule has 82 valence electrons. The van der Waals surface area contributed by atoms with Gasteiger partial charge in [-0.2, -0.15) is 0 Å². The lowest BCUT2D eigenvalue weighted by molar-refractivity contribution is -0.132. The average molecular weight is 199 g/mol. The smallest absolute Gasteiger partial charge is 0.169 e. The summed E-state index contributed by atoms with van der Waals surface area (Å²) in [4.78, 5) is 0. The van der Waals surface area contributed by atoms with Crippen LogP contribution in [0.4, 0.5) is 0 Å². The molecule has 0 radical (unpaired) electrons. The van der Waals surface area contributed by atoms with Crippen molar-refractivity contribution in [1.29, 1.82) is 0 Å². The van der Waals surface area contributed by atoms with Gasteiger partial charge in [-0.3, -0.25) is 0 Å². The summed E-state index contributed by atoms with van der Waals surface area (Å²) >= 11 is 0. The van der Waals surface area contributed by atoms with Gasteiger partial charge in [-0.1, -0.05) is 0 Å². The molecule has 0 heterocycles. The van der Waals surface area contributed by atoms with Crippen molar-refractivity contribution in [3.05, 3.63) is 0 Å². The molecule has 0 aliphatic rings. The monoisotopic (exact) mass is 199 g/mol. The highest BCUT2D eigenvalue weighted by atomic mass is 16.7. The summed E-state index contributed by atoms with van der Waals surface area (Å²) in [5, 5.41) is 3.24. The zero-order valence-electron chi connectivity index (χ0n) is 9.43. The second-order valence-corrected chi connectivity index (χ2v) is 2.72. The minimum absolute atomic E-state index is 0.125. The van der Waals surface area contributed by atoms with Crippen molar-refractivity contribution in [2.24, 2.45) is 0 Å². The number of ether oxygens (including phenoxy) is 2. The molecule has 0 aliphatic heterocycles. The van der Waals surface area contributed by atoms with E-state index in [1.807, 2.05) is 20.8 Å². The minimum atomic E-state index is -0.125. The van der Waals surface area contributed by atoms with Gasteiger partial charge in [0, 0.05) is 32.7 Å². The Balaban J connectivity index is 3.42. The third kappa shape index (κ3) is 8.06. The van der Waals surface area contributed by atoms with Gasteiger partial charge in [0.1, 0.15) is 0 Å². The van der Waals surface area contributed by atoms with E-state index in [1.54, 1.807) is 0 Å². The number of hydrogen-bond acceptors (Lipinski definition) is 3. The molecule has 0 saturated heterocycles. The maximum Gasteiger partial charge on any atom is 0.169 e. The van der Waals surface area contributed by atoms with Crippen LogP contribution in [0, 0.1) is 11.8 Å². The van der Waals surface area contributed by atoms with Crippen LogP contribution in [0.3, 0.4) is 0 Å².